The highest BCUT2D eigenvalue weighted by Crippen LogP contribution is 2.10. The lowest BCUT2D eigenvalue weighted by Gasteiger charge is -2.29. The second-order valence-electron chi connectivity index (χ2n) is 5.44. The predicted molar refractivity (Wildman–Crippen MR) is 77.1 cm³/mol. The van der Waals surface area contributed by atoms with E-state index in [4.69, 9.17) is 10.5 Å². The van der Waals surface area contributed by atoms with Gasteiger partial charge in [-0.15, -0.1) is 0 Å². The van der Waals surface area contributed by atoms with Gasteiger partial charge in [0.25, 0.3) is 0 Å². The van der Waals surface area contributed by atoms with Crippen LogP contribution in [0, 0.1) is 5.92 Å². The topological polar surface area (TPSA) is 84.7 Å². The molecule has 0 radical (unpaired) electrons. The number of ether oxygens (including phenoxy) is 1. The number of hydrogen-bond donors (Lipinski definition) is 2. The third-order valence-electron chi connectivity index (χ3n) is 3.47. The van der Waals surface area contributed by atoms with Crippen molar-refractivity contribution in [2.75, 3.05) is 32.8 Å². The third-order valence-corrected chi connectivity index (χ3v) is 3.47. The van der Waals surface area contributed by atoms with Gasteiger partial charge < -0.3 is 20.7 Å². The van der Waals surface area contributed by atoms with E-state index in [1.165, 1.54) is 19.3 Å². The number of likely N-dealkylation sites (tertiary alicyclic amines) is 1. The number of carbonyl (C=O) groups is 2. The molecule has 1 saturated heterocycles. The van der Waals surface area contributed by atoms with Crippen LogP contribution in [0.15, 0.2) is 0 Å². The molecular weight excluding hydrogens is 258 g/mol. The molecule has 3 N–H and O–H groups in total. The Morgan fingerprint density at radius 2 is 1.95 bits per heavy atom. The molecule has 1 rings (SSSR count). The molecule has 0 spiro atoms. The van der Waals surface area contributed by atoms with Crippen molar-refractivity contribution in [2.24, 2.45) is 11.7 Å². The van der Waals surface area contributed by atoms with Crippen molar-refractivity contribution in [3.63, 3.8) is 0 Å². The Morgan fingerprint density at radius 3 is 2.55 bits per heavy atom. The Hall–Kier alpha value is -1.14. The van der Waals surface area contributed by atoms with Crippen molar-refractivity contribution in [1.82, 2.24) is 10.2 Å². The van der Waals surface area contributed by atoms with Crippen LogP contribution < -0.4 is 11.1 Å². The summed E-state index contributed by atoms with van der Waals surface area (Å²) < 4.78 is 4.72. The highest BCUT2D eigenvalue weighted by Gasteiger charge is 2.23. The quantitative estimate of drug-likeness (QED) is 0.512. The average Bonchev–Trinajstić information content (AvgIpc) is 2.45. The lowest BCUT2D eigenvalue weighted by molar-refractivity contribution is -0.148. The zero-order chi connectivity index (χ0) is 15.0. The number of nitrogens with one attached hydrogen (secondary N) is 1. The van der Waals surface area contributed by atoms with Crippen LogP contribution in [0.4, 0.5) is 0 Å². The zero-order valence-corrected chi connectivity index (χ0v) is 12.6. The van der Waals surface area contributed by atoms with Crippen LogP contribution in [0.5, 0.6) is 0 Å². The first-order valence-electron chi connectivity index (χ1n) is 7.46. The summed E-state index contributed by atoms with van der Waals surface area (Å²) in [7, 11) is 0. The lowest BCUT2D eigenvalue weighted by Crippen LogP contribution is -2.48. The summed E-state index contributed by atoms with van der Waals surface area (Å²) >= 11 is 0. The minimum absolute atomic E-state index is 0.227. The fourth-order valence-electron chi connectivity index (χ4n) is 2.37. The molecule has 116 valence electrons. The Morgan fingerprint density at radius 1 is 1.30 bits per heavy atom. The molecule has 1 aliphatic rings. The van der Waals surface area contributed by atoms with Gasteiger partial charge in [0.05, 0.1) is 6.61 Å². The van der Waals surface area contributed by atoms with Gasteiger partial charge in [-0.05, 0) is 38.8 Å². The van der Waals surface area contributed by atoms with Gasteiger partial charge in [-0.25, -0.2) is 4.79 Å². The van der Waals surface area contributed by atoms with E-state index < -0.39 is 17.9 Å². The number of carbonyl (C=O) groups excluding carboxylic acids is 2. The number of amides is 1. The first-order chi connectivity index (χ1) is 9.54. The van der Waals surface area contributed by atoms with Crippen LogP contribution >= 0.6 is 0 Å². The van der Waals surface area contributed by atoms with E-state index >= 15 is 0 Å². The first kappa shape index (κ1) is 16.9. The Bertz CT molecular complexity index is 317. The Balaban J connectivity index is 2.23. The molecule has 1 heterocycles. The maximum atomic E-state index is 11.7. The number of esters is 1. The molecule has 20 heavy (non-hydrogen) atoms. The monoisotopic (exact) mass is 285 g/mol. The van der Waals surface area contributed by atoms with Crippen molar-refractivity contribution in [1.29, 1.82) is 0 Å². The van der Waals surface area contributed by atoms with Crippen molar-refractivity contribution in [3.05, 3.63) is 0 Å². The first-order valence-corrected chi connectivity index (χ1v) is 7.46. The summed E-state index contributed by atoms with van der Waals surface area (Å²) in [4.78, 5) is 25.5. The molecule has 0 bridgehead atoms. The summed E-state index contributed by atoms with van der Waals surface area (Å²) in [6.07, 6.45) is 3.83. The summed E-state index contributed by atoms with van der Waals surface area (Å²) in [5, 5.41) is 2.72. The molecule has 0 saturated carbocycles. The van der Waals surface area contributed by atoms with E-state index in [2.05, 4.69) is 17.1 Å². The van der Waals surface area contributed by atoms with E-state index in [-0.39, 0.29) is 6.61 Å². The minimum atomic E-state index is -1.22. The van der Waals surface area contributed by atoms with Crippen molar-refractivity contribution >= 4 is 11.9 Å². The lowest BCUT2D eigenvalue weighted by atomic mass is 10.1. The van der Waals surface area contributed by atoms with Gasteiger partial charge in [0.2, 0.25) is 5.91 Å². The van der Waals surface area contributed by atoms with Crippen LogP contribution in [0.2, 0.25) is 0 Å². The highest BCUT2D eigenvalue weighted by atomic mass is 16.5. The van der Waals surface area contributed by atoms with E-state index in [0.717, 1.165) is 19.6 Å². The largest absolute Gasteiger partial charge is 0.464 e. The van der Waals surface area contributed by atoms with Crippen LogP contribution in [-0.4, -0.2) is 55.6 Å². The fourth-order valence-corrected chi connectivity index (χ4v) is 2.37. The molecule has 1 fully saturated rings. The summed E-state index contributed by atoms with van der Waals surface area (Å²) in [6.45, 7) is 7.78. The van der Waals surface area contributed by atoms with Gasteiger partial charge in [0, 0.05) is 13.1 Å². The van der Waals surface area contributed by atoms with Gasteiger partial charge in [-0.2, -0.15) is 0 Å². The molecule has 0 aliphatic carbocycles. The standard InChI is InChI=1S/C14H27N3O3/c1-3-20-14(19)12(15)13(18)16-9-11(2)10-17-7-5-4-6-8-17/h11-12H,3-10,15H2,1-2H3,(H,16,18). The van der Waals surface area contributed by atoms with Crippen LogP contribution in [0.3, 0.4) is 0 Å². The summed E-state index contributed by atoms with van der Waals surface area (Å²) in [5.74, 6) is -0.797. The van der Waals surface area contributed by atoms with Gasteiger partial charge in [0.1, 0.15) is 0 Å². The van der Waals surface area contributed by atoms with E-state index in [0.29, 0.717) is 12.5 Å². The van der Waals surface area contributed by atoms with Gasteiger partial charge in [0.15, 0.2) is 6.04 Å². The number of piperidine rings is 1. The Kier molecular flexibility index (Phi) is 7.54. The predicted octanol–water partition coefficient (Wildman–Crippen LogP) is 0.115. The molecule has 1 amide bonds. The number of nitrogens with zero attached hydrogens (tertiary/aromatic N) is 1. The van der Waals surface area contributed by atoms with Crippen molar-refractivity contribution < 1.29 is 14.3 Å². The molecule has 0 aromatic heterocycles. The number of nitrogens with two attached hydrogens (primary N) is 1. The second-order valence-corrected chi connectivity index (χ2v) is 5.44. The van der Waals surface area contributed by atoms with Gasteiger partial charge >= 0.3 is 5.97 Å². The molecule has 0 aromatic rings. The van der Waals surface area contributed by atoms with E-state index in [9.17, 15) is 9.59 Å². The normalized spacial score (nSPS) is 19.1. The molecule has 6 nitrogen and oxygen atoms in total. The minimum Gasteiger partial charge on any atom is -0.464 e. The molecule has 2 unspecified atom stereocenters. The maximum absolute atomic E-state index is 11.7. The molecule has 0 aromatic carbocycles. The van der Waals surface area contributed by atoms with Crippen LogP contribution in [0.25, 0.3) is 0 Å². The third kappa shape index (κ3) is 5.88. The smallest absolute Gasteiger partial charge is 0.332 e. The van der Waals surface area contributed by atoms with Crippen molar-refractivity contribution in [3.8, 4) is 0 Å². The number of rotatable bonds is 7. The fraction of sp³-hybridized carbons (Fsp3) is 0.857. The highest BCUT2D eigenvalue weighted by molar-refractivity contribution is 6.01. The zero-order valence-electron chi connectivity index (χ0n) is 12.6. The Labute approximate surface area is 121 Å². The van der Waals surface area contributed by atoms with E-state index in [1.54, 1.807) is 6.92 Å². The van der Waals surface area contributed by atoms with Crippen molar-refractivity contribution in [2.45, 2.75) is 39.2 Å². The average molecular weight is 285 g/mol. The molecular formula is C14H27N3O3. The van der Waals surface area contributed by atoms with Crippen LogP contribution in [0.1, 0.15) is 33.1 Å². The molecule has 2 atom stereocenters. The van der Waals surface area contributed by atoms with Gasteiger partial charge in [-0.3, -0.25) is 4.79 Å². The molecule has 6 heteroatoms. The van der Waals surface area contributed by atoms with E-state index in [1.807, 2.05) is 0 Å². The maximum Gasteiger partial charge on any atom is 0.332 e. The SMILES string of the molecule is CCOC(=O)C(N)C(=O)NCC(C)CN1CCCCC1. The number of hydrogen-bond acceptors (Lipinski definition) is 5. The summed E-state index contributed by atoms with van der Waals surface area (Å²) in [5.41, 5.74) is 5.52. The second kappa shape index (κ2) is 8.92. The molecule has 1 aliphatic heterocycles. The van der Waals surface area contributed by atoms with Crippen LogP contribution in [-0.2, 0) is 14.3 Å². The summed E-state index contributed by atoms with van der Waals surface area (Å²) in [6, 6.07) is -1.22. The van der Waals surface area contributed by atoms with Gasteiger partial charge in [-0.1, -0.05) is 13.3 Å².